The number of ketones is 1. The first-order valence-corrected chi connectivity index (χ1v) is 5.69. The summed E-state index contributed by atoms with van der Waals surface area (Å²) in [5.74, 6) is 0.413. The van der Waals surface area contributed by atoms with Gasteiger partial charge in [0.15, 0.2) is 5.78 Å². The molecule has 3 nitrogen and oxygen atoms in total. The number of aromatic nitrogens is 1. The quantitative estimate of drug-likeness (QED) is 0.703. The lowest BCUT2D eigenvalue weighted by atomic mass is 9.94. The molecule has 0 spiro atoms. The molecule has 1 aliphatic rings. The molecule has 0 atom stereocenters. The van der Waals surface area contributed by atoms with Crippen molar-refractivity contribution in [1.82, 2.24) is 4.98 Å². The van der Waals surface area contributed by atoms with E-state index < -0.39 is 0 Å². The highest BCUT2D eigenvalue weighted by atomic mass is 32.1. The number of thiazole rings is 1. The summed E-state index contributed by atoms with van der Waals surface area (Å²) in [6, 6.07) is 0. The van der Waals surface area contributed by atoms with Crippen molar-refractivity contribution in [3.8, 4) is 0 Å². The van der Waals surface area contributed by atoms with E-state index in [0.29, 0.717) is 13.2 Å². The van der Waals surface area contributed by atoms with E-state index in [0.717, 1.165) is 23.4 Å². The first kappa shape index (κ1) is 9.80. The van der Waals surface area contributed by atoms with Crippen molar-refractivity contribution in [1.29, 1.82) is 0 Å². The van der Waals surface area contributed by atoms with Gasteiger partial charge in [-0.3, -0.25) is 4.79 Å². The maximum absolute atomic E-state index is 12.0. The standard InChI is InChI=1S/C10H13NO2S/c1-7-10(14-6-11-7)9(12)8-2-4-13-5-3-8/h6,8H,2-5H2,1H3. The van der Waals surface area contributed by atoms with Gasteiger partial charge in [0, 0.05) is 19.1 Å². The topological polar surface area (TPSA) is 39.2 Å². The Bertz CT molecular complexity index is 329. The highest BCUT2D eigenvalue weighted by Crippen LogP contribution is 2.23. The average Bonchev–Trinajstić information content (AvgIpc) is 2.65. The molecule has 0 aromatic carbocycles. The Labute approximate surface area is 87.1 Å². The summed E-state index contributed by atoms with van der Waals surface area (Å²) >= 11 is 1.45. The smallest absolute Gasteiger partial charge is 0.177 e. The molecular formula is C10H13NO2S. The first-order chi connectivity index (χ1) is 6.79. The summed E-state index contributed by atoms with van der Waals surface area (Å²) in [4.78, 5) is 16.9. The van der Waals surface area contributed by atoms with Gasteiger partial charge in [-0.05, 0) is 19.8 Å². The number of carbonyl (C=O) groups excluding carboxylic acids is 1. The fourth-order valence-electron chi connectivity index (χ4n) is 1.68. The van der Waals surface area contributed by atoms with Crippen molar-refractivity contribution in [3.05, 3.63) is 16.1 Å². The lowest BCUT2D eigenvalue weighted by Gasteiger charge is -2.20. The Hall–Kier alpha value is -0.740. The van der Waals surface area contributed by atoms with E-state index >= 15 is 0 Å². The van der Waals surface area contributed by atoms with Crippen molar-refractivity contribution in [2.24, 2.45) is 5.92 Å². The molecule has 2 rings (SSSR count). The fourth-order valence-corrected chi connectivity index (χ4v) is 2.51. The Morgan fingerprint density at radius 1 is 1.57 bits per heavy atom. The van der Waals surface area contributed by atoms with Crippen molar-refractivity contribution < 1.29 is 9.53 Å². The maximum Gasteiger partial charge on any atom is 0.177 e. The highest BCUT2D eigenvalue weighted by Gasteiger charge is 2.24. The molecule has 1 aliphatic heterocycles. The third kappa shape index (κ3) is 1.86. The molecule has 2 heterocycles. The molecule has 1 saturated heterocycles. The van der Waals surface area contributed by atoms with E-state index in [4.69, 9.17) is 4.74 Å². The van der Waals surface area contributed by atoms with Crippen LogP contribution in [0.4, 0.5) is 0 Å². The van der Waals surface area contributed by atoms with Gasteiger partial charge >= 0.3 is 0 Å². The molecule has 0 aliphatic carbocycles. The second kappa shape index (κ2) is 4.19. The highest BCUT2D eigenvalue weighted by molar-refractivity contribution is 7.11. The second-order valence-corrected chi connectivity index (χ2v) is 4.37. The zero-order valence-electron chi connectivity index (χ0n) is 8.16. The van der Waals surface area contributed by atoms with Crippen LogP contribution in [-0.4, -0.2) is 24.0 Å². The lowest BCUT2D eigenvalue weighted by Crippen LogP contribution is -2.23. The Kier molecular flexibility index (Phi) is 2.93. The number of Topliss-reactive ketones (excluding diaryl/α,β-unsaturated/α-hetero) is 1. The number of nitrogens with zero attached hydrogens (tertiary/aromatic N) is 1. The van der Waals surface area contributed by atoms with Crippen molar-refractivity contribution in [2.45, 2.75) is 19.8 Å². The summed E-state index contributed by atoms with van der Waals surface area (Å²) in [6.45, 7) is 3.32. The molecule has 0 unspecified atom stereocenters. The number of hydrogen-bond donors (Lipinski definition) is 0. The molecule has 0 radical (unpaired) electrons. The summed E-state index contributed by atoms with van der Waals surface area (Å²) in [7, 11) is 0. The number of ether oxygens (including phenoxy) is 1. The molecule has 76 valence electrons. The predicted molar refractivity (Wildman–Crippen MR) is 54.7 cm³/mol. The van der Waals surface area contributed by atoms with Crippen LogP contribution in [0.3, 0.4) is 0 Å². The molecule has 0 bridgehead atoms. The molecule has 0 saturated carbocycles. The van der Waals surface area contributed by atoms with E-state index in [2.05, 4.69) is 4.98 Å². The molecule has 1 aromatic heterocycles. The number of carbonyl (C=O) groups is 1. The molecule has 0 N–H and O–H groups in total. The van der Waals surface area contributed by atoms with Crippen molar-refractivity contribution >= 4 is 17.1 Å². The van der Waals surface area contributed by atoms with Crippen LogP contribution in [0, 0.1) is 12.8 Å². The van der Waals surface area contributed by atoms with Gasteiger partial charge < -0.3 is 4.74 Å². The zero-order valence-corrected chi connectivity index (χ0v) is 8.97. The molecule has 14 heavy (non-hydrogen) atoms. The largest absolute Gasteiger partial charge is 0.381 e. The van der Waals surface area contributed by atoms with E-state index in [-0.39, 0.29) is 11.7 Å². The van der Waals surface area contributed by atoms with Gasteiger partial charge in [-0.1, -0.05) is 0 Å². The summed E-state index contributed by atoms with van der Waals surface area (Å²) < 4.78 is 5.23. The molecule has 4 heteroatoms. The van der Waals surface area contributed by atoms with Gasteiger partial charge in [0.25, 0.3) is 0 Å². The van der Waals surface area contributed by atoms with Gasteiger partial charge in [0.05, 0.1) is 16.1 Å². The van der Waals surface area contributed by atoms with Crippen LogP contribution in [0.15, 0.2) is 5.51 Å². The third-order valence-corrected chi connectivity index (χ3v) is 3.50. The van der Waals surface area contributed by atoms with Gasteiger partial charge in [-0.2, -0.15) is 0 Å². The molecular weight excluding hydrogens is 198 g/mol. The van der Waals surface area contributed by atoms with Gasteiger partial charge in [-0.25, -0.2) is 4.98 Å². The first-order valence-electron chi connectivity index (χ1n) is 4.81. The molecule has 0 amide bonds. The zero-order chi connectivity index (χ0) is 9.97. The SMILES string of the molecule is Cc1ncsc1C(=O)C1CCOCC1. The summed E-state index contributed by atoms with van der Waals surface area (Å²) in [5.41, 5.74) is 2.61. The van der Waals surface area contributed by atoms with Crippen LogP contribution in [-0.2, 0) is 4.74 Å². The van der Waals surface area contributed by atoms with Crippen LogP contribution in [0.5, 0.6) is 0 Å². The van der Waals surface area contributed by atoms with Gasteiger partial charge in [-0.15, -0.1) is 11.3 Å². The monoisotopic (exact) mass is 211 g/mol. The van der Waals surface area contributed by atoms with Crippen molar-refractivity contribution in [3.63, 3.8) is 0 Å². The van der Waals surface area contributed by atoms with Gasteiger partial charge in [0.2, 0.25) is 0 Å². The Morgan fingerprint density at radius 3 is 2.86 bits per heavy atom. The minimum atomic E-state index is 0.155. The summed E-state index contributed by atoms with van der Waals surface area (Å²) in [5, 5.41) is 0. The lowest BCUT2D eigenvalue weighted by molar-refractivity contribution is 0.0547. The normalized spacial score (nSPS) is 18.4. The third-order valence-electron chi connectivity index (χ3n) is 2.56. The Balaban J connectivity index is 2.11. The van der Waals surface area contributed by atoms with E-state index in [9.17, 15) is 4.79 Å². The van der Waals surface area contributed by atoms with Gasteiger partial charge in [0.1, 0.15) is 0 Å². The van der Waals surface area contributed by atoms with E-state index in [1.807, 2.05) is 6.92 Å². The van der Waals surface area contributed by atoms with Crippen LogP contribution in [0.2, 0.25) is 0 Å². The average molecular weight is 211 g/mol. The fraction of sp³-hybridized carbons (Fsp3) is 0.600. The van der Waals surface area contributed by atoms with Crippen molar-refractivity contribution in [2.75, 3.05) is 13.2 Å². The maximum atomic E-state index is 12.0. The minimum absolute atomic E-state index is 0.155. The second-order valence-electron chi connectivity index (χ2n) is 3.52. The Morgan fingerprint density at radius 2 is 2.29 bits per heavy atom. The predicted octanol–water partition coefficient (Wildman–Crippen LogP) is 2.06. The van der Waals surface area contributed by atoms with E-state index in [1.54, 1.807) is 5.51 Å². The summed E-state index contributed by atoms with van der Waals surface area (Å²) in [6.07, 6.45) is 1.71. The van der Waals surface area contributed by atoms with Crippen LogP contribution < -0.4 is 0 Å². The minimum Gasteiger partial charge on any atom is -0.381 e. The van der Waals surface area contributed by atoms with Crippen LogP contribution in [0.1, 0.15) is 28.2 Å². The van der Waals surface area contributed by atoms with Crippen LogP contribution >= 0.6 is 11.3 Å². The molecule has 1 aromatic rings. The number of aryl methyl sites for hydroxylation is 1. The number of rotatable bonds is 2. The van der Waals surface area contributed by atoms with E-state index in [1.165, 1.54) is 11.3 Å². The van der Waals surface area contributed by atoms with Crippen LogP contribution in [0.25, 0.3) is 0 Å². The number of hydrogen-bond acceptors (Lipinski definition) is 4. The molecule has 1 fully saturated rings.